The van der Waals surface area contributed by atoms with E-state index in [0.717, 1.165) is 69.4 Å². The van der Waals surface area contributed by atoms with Crippen LogP contribution in [0.4, 0.5) is 10.1 Å². The Morgan fingerprint density at radius 1 is 0.638 bits per heavy atom. The minimum Gasteiger partial charge on any atom is -0.369 e. The van der Waals surface area contributed by atoms with Gasteiger partial charge in [0.15, 0.2) is 0 Å². The van der Waals surface area contributed by atoms with Crippen molar-refractivity contribution in [3.8, 4) is 0 Å². The zero-order valence-electron chi connectivity index (χ0n) is 25.5. The summed E-state index contributed by atoms with van der Waals surface area (Å²) in [6, 6.07) is 23.3. The maximum Gasteiger partial charge on any atom is 0.208 e. The van der Waals surface area contributed by atoms with Crippen LogP contribution in [0.25, 0.3) is 21.8 Å². The van der Waals surface area contributed by atoms with Crippen LogP contribution in [0.2, 0.25) is 0 Å². The van der Waals surface area contributed by atoms with Crippen LogP contribution < -0.4 is 10.2 Å². The minimum absolute atomic E-state index is 0.0800. The number of nitrogens with zero attached hydrogens (tertiary/aromatic N) is 3. The van der Waals surface area contributed by atoms with Crippen molar-refractivity contribution in [2.45, 2.75) is 19.6 Å². The molecule has 1 N–H and O–H groups in total. The Morgan fingerprint density at radius 3 is 1.51 bits per heavy atom. The highest BCUT2D eigenvalue weighted by Gasteiger charge is 2.24. The molecule has 1 fully saturated rings. The Hall–Kier alpha value is -3.49. The predicted molar refractivity (Wildman–Crippen MR) is 190 cm³/mol. The highest BCUT2D eigenvalue weighted by Crippen LogP contribution is 2.33. The summed E-state index contributed by atoms with van der Waals surface area (Å²) in [4.78, 5) is 3.22. The topological polar surface area (TPSA) is 93.4 Å². The number of sulfone groups is 2. The maximum atomic E-state index is 13.2. The molecule has 1 saturated heterocycles. The SMILES string of the molecule is Cn1cc(S(=O)(=O)c2ccc(F)cc2)c2cc(Br)ccc21.Cn1cc(S(=O)(=O)c2ccc(N3CCNCC3)cc2)c2cc(Br)ccc21. The van der Waals surface area contributed by atoms with Gasteiger partial charge in [0.25, 0.3) is 0 Å². The minimum atomic E-state index is -3.69. The van der Waals surface area contributed by atoms with Crippen LogP contribution in [0.5, 0.6) is 0 Å². The lowest BCUT2D eigenvalue weighted by atomic mass is 10.2. The van der Waals surface area contributed by atoms with Gasteiger partial charge in [0.1, 0.15) is 5.82 Å². The molecule has 47 heavy (non-hydrogen) atoms. The van der Waals surface area contributed by atoms with Crippen molar-refractivity contribution in [2.75, 3.05) is 31.1 Å². The largest absolute Gasteiger partial charge is 0.369 e. The van der Waals surface area contributed by atoms with Gasteiger partial charge >= 0.3 is 0 Å². The molecular weight excluding hydrogens is 771 g/mol. The first kappa shape index (κ1) is 33.4. The third-order valence-corrected chi connectivity index (χ3v) is 12.7. The van der Waals surface area contributed by atoms with Crippen LogP contribution in [0.1, 0.15) is 0 Å². The highest BCUT2D eigenvalue weighted by molar-refractivity contribution is 9.10. The molecule has 0 amide bonds. The number of aromatic nitrogens is 2. The van der Waals surface area contributed by atoms with Gasteiger partial charge in [-0.15, -0.1) is 0 Å². The molecule has 0 aliphatic carbocycles. The molecule has 8 nitrogen and oxygen atoms in total. The zero-order valence-corrected chi connectivity index (χ0v) is 30.3. The molecule has 0 radical (unpaired) electrons. The summed E-state index contributed by atoms with van der Waals surface area (Å²) in [6.45, 7) is 3.77. The average molecular weight is 803 g/mol. The Morgan fingerprint density at radius 2 is 1.06 bits per heavy atom. The quantitative estimate of drug-likeness (QED) is 0.187. The van der Waals surface area contributed by atoms with Crippen LogP contribution in [-0.4, -0.2) is 52.1 Å². The van der Waals surface area contributed by atoms with Gasteiger partial charge in [-0.2, -0.15) is 0 Å². The van der Waals surface area contributed by atoms with Gasteiger partial charge in [0.2, 0.25) is 19.7 Å². The molecule has 0 saturated carbocycles. The van der Waals surface area contributed by atoms with E-state index in [1.54, 1.807) is 42.2 Å². The number of piperazine rings is 1. The zero-order chi connectivity index (χ0) is 33.5. The summed E-state index contributed by atoms with van der Waals surface area (Å²) in [5.41, 5.74) is 2.77. The van der Waals surface area contributed by atoms with Gasteiger partial charge in [-0.1, -0.05) is 31.9 Å². The number of rotatable bonds is 5. The second-order valence-corrected chi connectivity index (χ2v) is 16.9. The molecule has 2 aromatic heterocycles. The summed E-state index contributed by atoms with van der Waals surface area (Å²) < 4.78 is 70.1. The second kappa shape index (κ2) is 13.2. The second-order valence-electron chi connectivity index (χ2n) is 11.2. The molecule has 0 unspecified atom stereocenters. The lowest BCUT2D eigenvalue weighted by Crippen LogP contribution is -2.43. The van der Waals surface area contributed by atoms with Crippen LogP contribution in [0, 0.1) is 5.82 Å². The Bertz CT molecular complexity index is 2310. The monoisotopic (exact) mass is 800 g/mol. The number of hydrogen-bond donors (Lipinski definition) is 1. The first-order valence-corrected chi connectivity index (χ1v) is 19.2. The number of hydrogen-bond acceptors (Lipinski definition) is 6. The fourth-order valence-corrected chi connectivity index (χ4v) is 9.43. The van der Waals surface area contributed by atoms with E-state index in [2.05, 4.69) is 42.1 Å². The fourth-order valence-electron chi connectivity index (χ4n) is 5.71. The number of aryl methyl sites for hydroxylation is 2. The van der Waals surface area contributed by atoms with E-state index < -0.39 is 25.5 Å². The Labute approximate surface area is 289 Å². The van der Waals surface area contributed by atoms with Gasteiger partial charge in [-0.05, 0) is 84.9 Å². The van der Waals surface area contributed by atoms with E-state index in [1.807, 2.05) is 54.1 Å². The number of fused-ring (bicyclic) bond motifs is 2. The number of halogens is 3. The Kier molecular flexibility index (Phi) is 9.38. The molecule has 0 bridgehead atoms. The van der Waals surface area contributed by atoms with Crippen molar-refractivity contribution in [1.29, 1.82) is 0 Å². The summed E-state index contributed by atoms with van der Waals surface area (Å²) in [6.07, 6.45) is 3.27. The van der Waals surface area contributed by atoms with Crippen molar-refractivity contribution in [3.63, 3.8) is 0 Å². The van der Waals surface area contributed by atoms with Crippen LogP contribution >= 0.6 is 31.9 Å². The first-order chi connectivity index (χ1) is 22.4. The van der Waals surface area contributed by atoms with Gasteiger partial charge in [-0.3, -0.25) is 0 Å². The normalized spacial score (nSPS) is 13.9. The molecule has 244 valence electrons. The third kappa shape index (κ3) is 6.64. The summed E-state index contributed by atoms with van der Waals surface area (Å²) >= 11 is 6.79. The van der Waals surface area contributed by atoms with E-state index in [9.17, 15) is 21.2 Å². The van der Waals surface area contributed by atoms with Gasteiger partial charge in [0.05, 0.1) is 19.6 Å². The molecular formula is C34H31Br2FN4O4S2. The fraction of sp³-hybridized carbons (Fsp3) is 0.176. The van der Waals surface area contributed by atoms with Crippen LogP contribution in [0.3, 0.4) is 0 Å². The molecule has 7 rings (SSSR count). The number of anilines is 1. The summed E-state index contributed by atoms with van der Waals surface area (Å²) in [5.74, 6) is -0.463. The standard InChI is InChI=1S/C19H20BrN3O2S.C15H11BrFNO2S/c1-22-13-19(17-12-14(20)2-7-18(17)22)26(24,25)16-5-3-15(4-6-16)23-10-8-21-9-11-23;1-18-9-15(13-8-10(16)2-7-14(13)18)21(19,20)12-5-3-11(17)4-6-12/h2-7,12-13,21H,8-11H2,1H3;2-9H,1H3. The third-order valence-electron chi connectivity index (χ3n) is 8.16. The van der Waals surface area contributed by atoms with Crippen molar-refractivity contribution in [1.82, 2.24) is 14.5 Å². The summed E-state index contributed by atoms with van der Waals surface area (Å²) in [7, 11) is -3.61. The summed E-state index contributed by atoms with van der Waals surface area (Å²) in [5, 5.41) is 4.69. The van der Waals surface area contributed by atoms with Crippen molar-refractivity contribution in [2.24, 2.45) is 14.1 Å². The van der Waals surface area contributed by atoms with Crippen LogP contribution in [0.15, 0.2) is 126 Å². The number of nitrogens with one attached hydrogen (secondary N) is 1. The average Bonchev–Trinajstić information content (AvgIpc) is 3.58. The molecule has 0 atom stereocenters. The van der Waals surface area contributed by atoms with Crippen molar-refractivity contribution < 1.29 is 21.2 Å². The molecule has 4 aromatic carbocycles. The van der Waals surface area contributed by atoms with Gasteiger partial charge in [-0.25, -0.2) is 21.2 Å². The van der Waals surface area contributed by atoms with E-state index in [0.29, 0.717) is 15.2 Å². The highest BCUT2D eigenvalue weighted by atomic mass is 79.9. The molecule has 6 aromatic rings. The van der Waals surface area contributed by atoms with E-state index in [4.69, 9.17) is 0 Å². The first-order valence-electron chi connectivity index (χ1n) is 14.7. The molecule has 1 aliphatic heterocycles. The molecule has 3 heterocycles. The smallest absolute Gasteiger partial charge is 0.208 e. The predicted octanol–water partition coefficient (Wildman–Crippen LogP) is 7.10. The molecule has 13 heteroatoms. The van der Waals surface area contributed by atoms with Crippen molar-refractivity contribution >= 4 is 79.0 Å². The van der Waals surface area contributed by atoms with Gasteiger partial charge < -0.3 is 19.4 Å². The van der Waals surface area contributed by atoms with Crippen LogP contribution in [-0.2, 0) is 33.8 Å². The van der Waals surface area contributed by atoms with Crippen molar-refractivity contribution in [3.05, 3.63) is 112 Å². The molecule has 0 spiro atoms. The van der Waals surface area contributed by atoms with E-state index >= 15 is 0 Å². The lowest BCUT2D eigenvalue weighted by Gasteiger charge is -2.29. The van der Waals surface area contributed by atoms with Gasteiger partial charge in [0, 0.05) is 89.1 Å². The van der Waals surface area contributed by atoms with E-state index in [1.165, 1.54) is 12.1 Å². The Balaban J connectivity index is 0.000000168. The number of benzene rings is 4. The van der Waals surface area contributed by atoms with E-state index in [-0.39, 0.29) is 9.79 Å². The molecule has 1 aliphatic rings. The maximum absolute atomic E-state index is 13.2. The lowest BCUT2D eigenvalue weighted by molar-refractivity contribution is 0.588.